The van der Waals surface area contributed by atoms with Crippen LogP contribution in [0, 0.1) is 11.8 Å². The highest BCUT2D eigenvalue weighted by molar-refractivity contribution is 7.98. The van der Waals surface area contributed by atoms with Crippen LogP contribution >= 0.6 is 23.4 Å². The molecule has 2 aromatic carbocycles. The van der Waals surface area contributed by atoms with Crippen LogP contribution in [-0.2, 0) is 5.75 Å². The monoisotopic (exact) mass is 371 g/mol. The van der Waals surface area contributed by atoms with Gasteiger partial charge in [-0.25, -0.2) is 0 Å². The molecule has 2 aliphatic rings. The minimum Gasteiger partial charge on any atom is -0.349 e. The molecule has 0 saturated heterocycles. The third-order valence-electron chi connectivity index (χ3n) is 5.49. The molecule has 0 spiro atoms. The number of thioether (sulfide) groups is 1. The van der Waals surface area contributed by atoms with E-state index in [0.717, 1.165) is 22.3 Å². The lowest BCUT2D eigenvalue weighted by atomic mass is 9.95. The second kappa shape index (κ2) is 7.43. The zero-order valence-corrected chi connectivity index (χ0v) is 15.7. The van der Waals surface area contributed by atoms with E-state index in [1.54, 1.807) is 11.8 Å². The standard InChI is InChI=1S/C21H22ClNOS/c22-18-7-9-19(10-8-18)25-13-14-1-4-16(5-2-14)21(24)23-20-12-15-3-6-17(20)11-15/h1-2,4-5,7-10,15,17,20H,3,6,11-13H2,(H,23,24)/t15-,17+,20-/m1/s1. The quantitative estimate of drug-likeness (QED) is 0.698. The summed E-state index contributed by atoms with van der Waals surface area (Å²) in [5.74, 6) is 2.52. The summed E-state index contributed by atoms with van der Waals surface area (Å²) in [7, 11) is 0. The number of carbonyl (C=O) groups is 1. The van der Waals surface area contributed by atoms with Gasteiger partial charge in [0, 0.05) is 27.3 Å². The van der Waals surface area contributed by atoms with Crippen LogP contribution in [-0.4, -0.2) is 11.9 Å². The molecule has 2 saturated carbocycles. The van der Waals surface area contributed by atoms with Crippen LogP contribution in [0.1, 0.15) is 41.6 Å². The molecule has 0 radical (unpaired) electrons. The van der Waals surface area contributed by atoms with Gasteiger partial charge in [0.25, 0.3) is 5.91 Å². The Labute approximate surface area is 158 Å². The molecule has 2 aliphatic carbocycles. The lowest BCUT2D eigenvalue weighted by Gasteiger charge is -2.22. The SMILES string of the molecule is O=C(N[C@@H]1C[C@@H]2CC[C@H]1C2)c1ccc(CSc2ccc(Cl)cc2)cc1. The van der Waals surface area contributed by atoms with Gasteiger partial charge in [-0.1, -0.05) is 30.2 Å². The molecule has 2 fully saturated rings. The first kappa shape index (κ1) is 17.0. The van der Waals surface area contributed by atoms with Crippen molar-refractivity contribution in [3.8, 4) is 0 Å². The molecular weight excluding hydrogens is 350 g/mol. The van der Waals surface area contributed by atoms with E-state index in [-0.39, 0.29) is 5.91 Å². The predicted octanol–water partition coefficient (Wildman–Crippen LogP) is 5.55. The Hall–Kier alpha value is -1.45. The van der Waals surface area contributed by atoms with Gasteiger partial charge in [0.2, 0.25) is 0 Å². The van der Waals surface area contributed by atoms with E-state index >= 15 is 0 Å². The molecule has 0 aliphatic heterocycles. The van der Waals surface area contributed by atoms with Gasteiger partial charge in [-0.15, -0.1) is 11.8 Å². The van der Waals surface area contributed by atoms with Crippen LogP contribution in [0.15, 0.2) is 53.4 Å². The number of halogens is 1. The number of benzene rings is 2. The zero-order valence-electron chi connectivity index (χ0n) is 14.1. The first-order valence-electron chi connectivity index (χ1n) is 8.95. The van der Waals surface area contributed by atoms with Crippen molar-refractivity contribution in [3.05, 3.63) is 64.7 Å². The van der Waals surface area contributed by atoms with Crippen molar-refractivity contribution in [3.63, 3.8) is 0 Å². The third-order valence-corrected chi connectivity index (χ3v) is 6.82. The number of amides is 1. The summed E-state index contributed by atoms with van der Waals surface area (Å²) >= 11 is 7.68. The molecule has 25 heavy (non-hydrogen) atoms. The molecule has 3 atom stereocenters. The second-order valence-electron chi connectivity index (χ2n) is 7.19. The van der Waals surface area contributed by atoms with Crippen molar-refractivity contribution in [2.24, 2.45) is 11.8 Å². The number of carbonyl (C=O) groups excluding carboxylic acids is 1. The number of fused-ring (bicyclic) bond motifs is 2. The van der Waals surface area contributed by atoms with E-state index in [0.29, 0.717) is 12.0 Å². The number of nitrogens with one attached hydrogen (secondary N) is 1. The molecule has 4 rings (SSSR count). The van der Waals surface area contributed by atoms with Gasteiger partial charge in [0.15, 0.2) is 0 Å². The van der Waals surface area contributed by atoms with Gasteiger partial charge in [-0.05, 0) is 73.1 Å². The first-order chi connectivity index (χ1) is 12.2. The maximum atomic E-state index is 12.5. The van der Waals surface area contributed by atoms with Gasteiger partial charge >= 0.3 is 0 Å². The van der Waals surface area contributed by atoms with Crippen LogP contribution in [0.3, 0.4) is 0 Å². The smallest absolute Gasteiger partial charge is 0.251 e. The lowest BCUT2D eigenvalue weighted by molar-refractivity contribution is 0.0923. The van der Waals surface area contributed by atoms with Gasteiger partial charge in [0.05, 0.1) is 0 Å². The van der Waals surface area contributed by atoms with Gasteiger partial charge in [0.1, 0.15) is 0 Å². The van der Waals surface area contributed by atoms with Crippen LogP contribution in [0.25, 0.3) is 0 Å². The average molecular weight is 372 g/mol. The third kappa shape index (κ3) is 4.04. The molecular formula is C21H22ClNOS. The Balaban J connectivity index is 1.31. The van der Waals surface area contributed by atoms with Gasteiger partial charge in [-0.3, -0.25) is 4.79 Å². The fourth-order valence-electron chi connectivity index (χ4n) is 4.12. The highest BCUT2D eigenvalue weighted by Gasteiger charge is 2.40. The summed E-state index contributed by atoms with van der Waals surface area (Å²) in [4.78, 5) is 13.7. The highest BCUT2D eigenvalue weighted by atomic mass is 35.5. The molecule has 0 unspecified atom stereocenters. The molecule has 130 valence electrons. The minimum atomic E-state index is 0.0782. The Kier molecular flexibility index (Phi) is 5.05. The molecule has 2 nitrogen and oxygen atoms in total. The maximum absolute atomic E-state index is 12.5. The summed E-state index contributed by atoms with van der Waals surface area (Å²) < 4.78 is 0. The Morgan fingerprint density at radius 3 is 2.44 bits per heavy atom. The maximum Gasteiger partial charge on any atom is 0.251 e. The van der Waals surface area contributed by atoms with Crippen LogP contribution < -0.4 is 5.32 Å². The predicted molar refractivity (Wildman–Crippen MR) is 104 cm³/mol. The fraction of sp³-hybridized carbons (Fsp3) is 0.381. The van der Waals surface area contributed by atoms with Gasteiger partial charge in [-0.2, -0.15) is 0 Å². The Morgan fingerprint density at radius 2 is 1.80 bits per heavy atom. The van der Waals surface area contributed by atoms with E-state index in [2.05, 4.69) is 17.4 Å². The van der Waals surface area contributed by atoms with Crippen molar-refractivity contribution in [2.75, 3.05) is 0 Å². The van der Waals surface area contributed by atoms with Crippen molar-refractivity contribution >= 4 is 29.3 Å². The summed E-state index contributed by atoms with van der Waals surface area (Å²) in [6, 6.07) is 16.3. The molecule has 1 amide bonds. The normalized spacial score (nSPS) is 24.4. The fourth-order valence-corrected chi connectivity index (χ4v) is 5.10. The van der Waals surface area contributed by atoms with E-state index < -0.39 is 0 Å². The number of hydrogen-bond acceptors (Lipinski definition) is 2. The molecule has 2 aromatic rings. The molecule has 4 heteroatoms. The summed E-state index contributed by atoms with van der Waals surface area (Å²) in [6.45, 7) is 0. The lowest BCUT2D eigenvalue weighted by Crippen LogP contribution is -2.38. The number of hydrogen-bond donors (Lipinski definition) is 1. The molecule has 0 aromatic heterocycles. The number of rotatable bonds is 5. The van der Waals surface area contributed by atoms with Crippen LogP contribution in [0.5, 0.6) is 0 Å². The van der Waals surface area contributed by atoms with Crippen LogP contribution in [0.2, 0.25) is 5.02 Å². The minimum absolute atomic E-state index is 0.0782. The van der Waals surface area contributed by atoms with Crippen molar-refractivity contribution < 1.29 is 4.79 Å². The largest absolute Gasteiger partial charge is 0.349 e. The molecule has 0 heterocycles. The Bertz CT molecular complexity index is 743. The van der Waals surface area contributed by atoms with Crippen molar-refractivity contribution in [1.82, 2.24) is 5.32 Å². The van der Waals surface area contributed by atoms with E-state index in [9.17, 15) is 4.79 Å². The summed E-state index contributed by atoms with van der Waals surface area (Å²) in [5.41, 5.74) is 1.99. The zero-order chi connectivity index (χ0) is 17.2. The summed E-state index contributed by atoms with van der Waals surface area (Å²) in [5, 5.41) is 4.01. The Morgan fingerprint density at radius 1 is 1.04 bits per heavy atom. The summed E-state index contributed by atoms with van der Waals surface area (Å²) in [6.07, 6.45) is 5.13. The van der Waals surface area contributed by atoms with Crippen molar-refractivity contribution in [2.45, 2.75) is 42.4 Å². The van der Waals surface area contributed by atoms with E-state index in [1.165, 1.54) is 36.1 Å². The topological polar surface area (TPSA) is 29.1 Å². The second-order valence-corrected chi connectivity index (χ2v) is 8.68. The molecule has 2 bridgehead atoms. The first-order valence-corrected chi connectivity index (χ1v) is 10.3. The van der Waals surface area contributed by atoms with E-state index in [4.69, 9.17) is 11.6 Å². The highest BCUT2D eigenvalue weighted by Crippen LogP contribution is 2.44. The average Bonchev–Trinajstić information content (AvgIpc) is 3.25. The molecule has 1 N–H and O–H groups in total. The van der Waals surface area contributed by atoms with Crippen molar-refractivity contribution in [1.29, 1.82) is 0 Å². The van der Waals surface area contributed by atoms with E-state index in [1.807, 2.05) is 36.4 Å². The van der Waals surface area contributed by atoms with Crippen LogP contribution in [0.4, 0.5) is 0 Å². The van der Waals surface area contributed by atoms with Gasteiger partial charge < -0.3 is 5.32 Å².